The molecule has 0 spiro atoms. The SMILES string of the molecule is FC(F)(F)c1cnc(N2CCCC(N3CCCC3)C2)s1. The van der Waals surface area contributed by atoms with E-state index in [0.717, 1.165) is 56.6 Å². The highest BCUT2D eigenvalue weighted by molar-refractivity contribution is 7.15. The molecule has 1 aromatic heterocycles. The minimum Gasteiger partial charge on any atom is -0.347 e. The van der Waals surface area contributed by atoms with Crippen molar-refractivity contribution in [2.75, 3.05) is 31.1 Å². The van der Waals surface area contributed by atoms with Gasteiger partial charge in [-0.1, -0.05) is 11.3 Å². The number of piperidine rings is 1. The van der Waals surface area contributed by atoms with Crippen molar-refractivity contribution in [1.82, 2.24) is 9.88 Å². The molecule has 0 saturated carbocycles. The van der Waals surface area contributed by atoms with E-state index in [4.69, 9.17) is 0 Å². The van der Waals surface area contributed by atoms with Crippen LogP contribution in [0.2, 0.25) is 0 Å². The first-order valence-electron chi connectivity index (χ1n) is 7.06. The zero-order valence-electron chi connectivity index (χ0n) is 11.2. The molecule has 0 radical (unpaired) electrons. The summed E-state index contributed by atoms with van der Waals surface area (Å²) in [7, 11) is 0. The van der Waals surface area contributed by atoms with Crippen LogP contribution in [0, 0.1) is 0 Å². The zero-order valence-corrected chi connectivity index (χ0v) is 12.0. The van der Waals surface area contributed by atoms with E-state index in [1.165, 1.54) is 12.8 Å². The summed E-state index contributed by atoms with van der Waals surface area (Å²) in [6.07, 6.45) is 1.34. The van der Waals surface area contributed by atoms with Crippen molar-refractivity contribution in [1.29, 1.82) is 0 Å². The highest BCUT2D eigenvalue weighted by Crippen LogP contribution is 2.37. The van der Waals surface area contributed by atoms with Gasteiger partial charge in [-0.25, -0.2) is 4.98 Å². The Kier molecular flexibility index (Phi) is 3.90. The van der Waals surface area contributed by atoms with Gasteiger partial charge in [0.15, 0.2) is 5.13 Å². The molecule has 7 heteroatoms. The van der Waals surface area contributed by atoms with E-state index in [-0.39, 0.29) is 0 Å². The Balaban J connectivity index is 1.68. The monoisotopic (exact) mass is 305 g/mol. The molecular weight excluding hydrogens is 287 g/mol. The van der Waals surface area contributed by atoms with Crippen molar-refractivity contribution in [3.8, 4) is 0 Å². The molecular formula is C13H18F3N3S. The Morgan fingerprint density at radius 1 is 1.15 bits per heavy atom. The summed E-state index contributed by atoms with van der Waals surface area (Å²) in [6.45, 7) is 3.88. The molecule has 2 saturated heterocycles. The van der Waals surface area contributed by atoms with Crippen LogP contribution in [0.15, 0.2) is 6.20 Å². The molecule has 2 aliphatic rings. The first-order chi connectivity index (χ1) is 9.54. The first-order valence-corrected chi connectivity index (χ1v) is 7.88. The van der Waals surface area contributed by atoms with E-state index in [9.17, 15) is 13.2 Å². The van der Waals surface area contributed by atoms with Crippen molar-refractivity contribution < 1.29 is 13.2 Å². The van der Waals surface area contributed by atoms with Gasteiger partial charge in [0.05, 0.1) is 6.20 Å². The third-order valence-electron chi connectivity index (χ3n) is 4.10. The van der Waals surface area contributed by atoms with Gasteiger partial charge in [-0.3, -0.25) is 4.90 Å². The fraction of sp³-hybridized carbons (Fsp3) is 0.769. The lowest BCUT2D eigenvalue weighted by atomic mass is 10.1. The fourth-order valence-corrected chi connectivity index (χ4v) is 3.89. The summed E-state index contributed by atoms with van der Waals surface area (Å²) in [5, 5.41) is 0.515. The highest BCUT2D eigenvalue weighted by atomic mass is 32.1. The van der Waals surface area contributed by atoms with E-state index in [1.807, 2.05) is 4.90 Å². The largest absolute Gasteiger partial charge is 0.427 e. The first kappa shape index (κ1) is 14.1. The van der Waals surface area contributed by atoms with Crippen LogP contribution in [0.3, 0.4) is 0 Å². The maximum absolute atomic E-state index is 12.6. The smallest absolute Gasteiger partial charge is 0.347 e. The van der Waals surface area contributed by atoms with Gasteiger partial charge in [-0.2, -0.15) is 13.2 Å². The minimum atomic E-state index is -4.28. The Morgan fingerprint density at radius 2 is 1.90 bits per heavy atom. The van der Waals surface area contributed by atoms with Crippen molar-refractivity contribution >= 4 is 16.5 Å². The van der Waals surface area contributed by atoms with Gasteiger partial charge in [-0.05, 0) is 38.8 Å². The van der Waals surface area contributed by atoms with Gasteiger partial charge in [0.2, 0.25) is 0 Å². The Morgan fingerprint density at radius 3 is 2.55 bits per heavy atom. The van der Waals surface area contributed by atoms with Crippen LogP contribution in [-0.4, -0.2) is 42.1 Å². The number of nitrogens with zero attached hydrogens (tertiary/aromatic N) is 3. The Hall–Kier alpha value is -0.820. The molecule has 0 aromatic carbocycles. The van der Waals surface area contributed by atoms with Crippen LogP contribution in [0.25, 0.3) is 0 Å². The fourth-order valence-electron chi connectivity index (χ4n) is 3.08. The summed E-state index contributed by atoms with van der Waals surface area (Å²) >= 11 is 0.762. The molecule has 3 heterocycles. The lowest BCUT2D eigenvalue weighted by Gasteiger charge is -2.37. The average molecular weight is 305 g/mol. The van der Waals surface area contributed by atoms with Crippen molar-refractivity contribution in [3.63, 3.8) is 0 Å². The quantitative estimate of drug-likeness (QED) is 0.836. The molecule has 112 valence electrons. The van der Waals surface area contributed by atoms with Crippen LogP contribution in [0.5, 0.6) is 0 Å². The molecule has 3 nitrogen and oxygen atoms in total. The summed E-state index contributed by atoms with van der Waals surface area (Å²) < 4.78 is 37.9. The molecule has 1 atom stereocenters. The number of likely N-dealkylation sites (tertiary alicyclic amines) is 1. The van der Waals surface area contributed by atoms with Crippen LogP contribution < -0.4 is 4.90 Å². The standard InChI is InChI=1S/C13H18F3N3S/c14-13(15,16)11-8-17-12(20-11)19-7-3-4-10(9-19)18-5-1-2-6-18/h8,10H,1-7,9H2. The van der Waals surface area contributed by atoms with E-state index in [1.54, 1.807) is 0 Å². The summed E-state index contributed by atoms with van der Waals surface area (Å²) in [5.41, 5.74) is 0. The molecule has 0 amide bonds. The molecule has 2 fully saturated rings. The van der Waals surface area contributed by atoms with E-state index >= 15 is 0 Å². The van der Waals surface area contributed by atoms with Gasteiger partial charge in [-0.15, -0.1) is 0 Å². The third kappa shape index (κ3) is 2.93. The van der Waals surface area contributed by atoms with E-state index in [0.29, 0.717) is 11.2 Å². The molecule has 1 unspecified atom stereocenters. The Labute approximate surface area is 120 Å². The summed E-state index contributed by atoms with van der Waals surface area (Å²) in [6, 6.07) is 0.476. The number of hydrogen-bond donors (Lipinski definition) is 0. The van der Waals surface area contributed by atoms with E-state index in [2.05, 4.69) is 9.88 Å². The second-order valence-electron chi connectivity index (χ2n) is 5.49. The predicted molar refractivity (Wildman–Crippen MR) is 73.2 cm³/mol. The number of hydrogen-bond acceptors (Lipinski definition) is 4. The third-order valence-corrected chi connectivity index (χ3v) is 5.20. The van der Waals surface area contributed by atoms with Gasteiger partial charge in [0.25, 0.3) is 0 Å². The van der Waals surface area contributed by atoms with Gasteiger partial charge >= 0.3 is 6.18 Å². The predicted octanol–water partition coefficient (Wildman–Crippen LogP) is 3.23. The van der Waals surface area contributed by atoms with E-state index < -0.39 is 11.1 Å². The molecule has 0 aliphatic carbocycles. The minimum absolute atomic E-state index is 0.476. The maximum Gasteiger partial charge on any atom is 0.427 e. The van der Waals surface area contributed by atoms with Crippen LogP contribution >= 0.6 is 11.3 Å². The van der Waals surface area contributed by atoms with Crippen LogP contribution in [-0.2, 0) is 6.18 Å². The number of aromatic nitrogens is 1. The highest BCUT2D eigenvalue weighted by Gasteiger charge is 2.35. The van der Waals surface area contributed by atoms with Gasteiger partial charge < -0.3 is 4.90 Å². The molecule has 20 heavy (non-hydrogen) atoms. The van der Waals surface area contributed by atoms with Crippen LogP contribution in [0.1, 0.15) is 30.6 Å². The molecule has 0 N–H and O–H groups in total. The lowest BCUT2D eigenvalue weighted by Crippen LogP contribution is -2.47. The average Bonchev–Trinajstić information content (AvgIpc) is 3.10. The van der Waals surface area contributed by atoms with Crippen molar-refractivity contribution in [2.45, 2.75) is 37.9 Å². The number of thiazole rings is 1. The van der Waals surface area contributed by atoms with Crippen LogP contribution in [0.4, 0.5) is 18.3 Å². The summed E-state index contributed by atoms with van der Waals surface area (Å²) in [5.74, 6) is 0. The topological polar surface area (TPSA) is 19.4 Å². The van der Waals surface area contributed by atoms with Gasteiger partial charge in [0.1, 0.15) is 4.88 Å². The maximum atomic E-state index is 12.6. The van der Waals surface area contributed by atoms with Gasteiger partial charge in [0, 0.05) is 19.1 Å². The number of halogens is 3. The summed E-state index contributed by atoms with van der Waals surface area (Å²) in [4.78, 5) is 7.87. The number of rotatable bonds is 2. The lowest BCUT2D eigenvalue weighted by molar-refractivity contribution is -0.134. The van der Waals surface area contributed by atoms with Crippen molar-refractivity contribution in [3.05, 3.63) is 11.1 Å². The second kappa shape index (κ2) is 5.52. The molecule has 2 aliphatic heterocycles. The normalized spacial score (nSPS) is 25.4. The number of anilines is 1. The number of alkyl halides is 3. The molecule has 0 bridgehead atoms. The molecule has 3 rings (SSSR count). The second-order valence-corrected chi connectivity index (χ2v) is 6.50. The zero-order chi connectivity index (χ0) is 14.2. The molecule has 1 aromatic rings. The Bertz CT molecular complexity index is 454. The van der Waals surface area contributed by atoms with Crippen molar-refractivity contribution in [2.24, 2.45) is 0 Å².